The molecule has 1 saturated heterocycles. The molecule has 0 radical (unpaired) electrons. The summed E-state index contributed by atoms with van der Waals surface area (Å²) in [6, 6.07) is 14.4. The van der Waals surface area contributed by atoms with E-state index >= 15 is 4.39 Å². The SMILES string of the molecule is CC(=O)N1CCN(C(=O)CN2C(=O)CS[C@@H](c3ccccc3F)c3c(C(C)(C)C)nn(-c4ccccc4C)c32)CC1. The summed E-state index contributed by atoms with van der Waals surface area (Å²) in [7, 11) is 0. The van der Waals surface area contributed by atoms with Crippen LogP contribution in [0.3, 0.4) is 0 Å². The number of fused-ring (bicyclic) bond motifs is 1. The van der Waals surface area contributed by atoms with Crippen LogP contribution in [0.1, 0.15) is 55.3 Å². The smallest absolute Gasteiger partial charge is 0.242 e. The molecule has 1 atom stereocenters. The highest BCUT2D eigenvalue weighted by molar-refractivity contribution is 8.00. The van der Waals surface area contributed by atoms with Gasteiger partial charge >= 0.3 is 0 Å². The van der Waals surface area contributed by atoms with Crippen molar-refractivity contribution >= 4 is 35.3 Å². The lowest BCUT2D eigenvalue weighted by molar-refractivity contribution is -0.137. The number of aryl methyl sites for hydroxylation is 1. The molecule has 3 heterocycles. The van der Waals surface area contributed by atoms with Crippen LogP contribution in [-0.2, 0) is 19.8 Å². The lowest BCUT2D eigenvalue weighted by Gasteiger charge is -2.35. The number of aromatic nitrogens is 2. The van der Waals surface area contributed by atoms with Gasteiger partial charge in [-0.3, -0.25) is 19.3 Å². The van der Waals surface area contributed by atoms with Gasteiger partial charge in [-0.15, -0.1) is 11.8 Å². The van der Waals surface area contributed by atoms with Crippen molar-refractivity contribution in [1.82, 2.24) is 19.6 Å². The number of anilines is 1. The Morgan fingerprint density at radius 2 is 1.63 bits per heavy atom. The monoisotopic (exact) mass is 577 g/mol. The maximum absolute atomic E-state index is 15.3. The number of carbonyl (C=O) groups is 3. The maximum Gasteiger partial charge on any atom is 0.242 e. The first-order chi connectivity index (χ1) is 19.5. The molecule has 2 aromatic carbocycles. The second kappa shape index (κ2) is 11.3. The molecule has 0 spiro atoms. The minimum atomic E-state index is -0.499. The van der Waals surface area contributed by atoms with Gasteiger partial charge in [0.15, 0.2) is 0 Å². The number of thioether (sulfide) groups is 1. The third-order valence-electron chi connectivity index (χ3n) is 7.70. The number of halogens is 1. The van der Waals surface area contributed by atoms with E-state index in [-0.39, 0.29) is 35.8 Å². The Labute approximate surface area is 244 Å². The highest BCUT2D eigenvalue weighted by Crippen LogP contribution is 2.49. The van der Waals surface area contributed by atoms with Crippen LogP contribution in [0.25, 0.3) is 5.69 Å². The van der Waals surface area contributed by atoms with E-state index in [9.17, 15) is 14.4 Å². The van der Waals surface area contributed by atoms with E-state index in [0.717, 1.165) is 22.5 Å². The van der Waals surface area contributed by atoms with Gasteiger partial charge in [-0.2, -0.15) is 5.10 Å². The van der Waals surface area contributed by atoms with Gasteiger partial charge in [-0.25, -0.2) is 9.07 Å². The van der Waals surface area contributed by atoms with Crippen molar-refractivity contribution in [2.75, 3.05) is 43.4 Å². The zero-order valence-electron chi connectivity index (χ0n) is 24.2. The molecule has 0 unspecified atom stereocenters. The molecule has 10 heteroatoms. The number of para-hydroxylation sites is 1. The summed E-state index contributed by atoms with van der Waals surface area (Å²) in [5.41, 5.74) is 3.29. The van der Waals surface area contributed by atoms with E-state index in [1.54, 1.807) is 32.7 Å². The van der Waals surface area contributed by atoms with Crippen LogP contribution in [0.2, 0.25) is 0 Å². The molecular weight excluding hydrogens is 541 g/mol. The molecule has 0 saturated carbocycles. The Balaban J connectivity index is 1.67. The molecule has 5 rings (SSSR count). The highest BCUT2D eigenvalue weighted by atomic mass is 32.2. The quantitative estimate of drug-likeness (QED) is 0.457. The largest absolute Gasteiger partial charge is 0.339 e. The first-order valence-electron chi connectivity index (χ1n) is 13.9. The number of benzene rings is 2. The van der Waals surface area contributed by atoms with Crippen molar-refractivity contribution in [3.63, 3.8) is 0 Å². The average Bonchev–Trinajstić information content (AvgIpc) is 3.27. The zero-order chi connectivity index (χ0) is 29.5. The van der Waals surface area contributed by atoms with Gasteiger partial charge < -0.3 is 9.80 Å². The van der Waals surface area contributed by atoms with Crippen LogP contribution in [0.4, 0.5) is 10.2 Å². The van der Waals surface area contributed by atoms with E-state index in [0.29, 0.717) is 37.6 Å². The number of piperazine rings is 1. The van der Waals surface area contributed by atoms with E-state index in [1.165, 1.54) is 29.7 Å². The van der Waals surface area contributed by atoms with E-state index in [2.05, 4.69) is 20.8 Å². The summed E-state index contributed by atoms with van der Waals surface area (Å²) in [6.45, 7) is 11.2. The zero-order valence-corrected chi connectivity index (χ0v) is 25.0. The summed E-state index contributed by atoms with van der Waals surface area (Å²) in [5.74, 6) is -0.214. The molecule has 41 heavy (non-hydrogen) atoms. The third-order valence-corrected chi connectivity index (χ3v) is 8.94. The Kier molecular flexibility index (Phi) is 7.96. The van der Waals surface area contributed by atoms with Gasteiger partial charge in [0.2, 0.25) is 17.7 Å². The van der Waals surface area contributed by atoms with Gasteiger partial charge in [0.1, 0.15) is 18.2 Å². The molecule has 0 aliphatic carbocycles. The normalized spacial score (nSPS) is 17.9. The topological polar surface area (TPSA) is 78.8 Å². The molecule has 216 valence electrons. The third kappa shape index (κ3) is 5.62. The molecule has 3 amide bonds. The Bertz CT molecular complexity index is 1490. The maximum atomic E-state index is 15.3. The van der Waals surface area contributed by atoms with Crippen molar-refractivity contribution in [1.29, 1.82) is 0 Å². The summed E-state index contributed by atoms with van der Waals surface area (Å²) in [4.78, 5) is 44.3. The van der Waals surface area contributed by atoms with E-state index in [1.807, 2.05) is 31.2 Å². The Hall–Kier alpha value is -3.66. The molecule has 0 N–H and O–H groups in total. The number of carbonyl (C=O) groups excluding carboxylic acids is 3. The van der Waals surface area contributed by atoms with Gasteiger partial charge in [0.25, 0.3) is 0 Å². The summed E-state index contributed by atoms with van der Waals surface area (Å²) >= 11 is 1.36. The fourth-order valence-electron chi connectivity index (χ4n) is 5.48. The Morgan fingerprint density at radius 3 is 2.27 bits per heavy atom. The molecule has 1 aromatic heterocycles. The summed E-state index contributed by atoms with van der Waals surface area (Å²) < 4.78 is 17.1. The summed E-state index contributed by atoms with van der Waals surface area (Å²) in [6.07, 6.45) is 0. The molecule has 3 aromatic rings. The number of hydrogen-bond acceptors (Lipinski definition) is 5. The number of amides is 3. The minimum Gasteiger partial charge on any atom is -0.339 e. The average molecular weight is 578 g/mol. The molecule has 1 fully saturated rings. The number of hydrogen-bond donors (Lipinski definition) is 0. The fraction of sp³-hybridized carbons (Fsp3) is 0.419. The highest BCUT2D eigenvalue weighted by Gasteiger charge is 2.41. The number of nitrogens with zero attached hydrogens (tertiary/aromatic N) is 5. The predicted octanol–water partition coefficient (Wildman–Crippen LogP) is 4.48. The first-order valence-corrected chi connectivity index (χ1v) is 14.9. The summed E-state index contributed by atoms with van der Waals surface area (Å²) in [5, 5.41) is 4.59. The molecule has 2 aliphatic rings. The number of rotatable bonds is 4. The van der Waals surface area contributed by atoms with Gasteiger partial charge in [0, 0.05) is 49.6 Å². The van der Waals surface area contributed by atoms with Gasteiger partial charge in [0.05, 0.1) is 22.4 Å². The van der Waals surface area contributed by atoms with Crippen molar-refractivity contribution in [2.45, 2.75) is 45.3 Å². The second-order valence-corrected chi connectivity index (χ2v) is 12.7. The molecule has 0 bridgehead atoms. The van der Waals surface area contributed by atoms with Gasteiger partial charge in [-0.05, 0) is 24.6 Å². The Morgan fingerprint density at radius 1 is 1.00 bits per heavy atom. The van der Waals surface area contributed by atoms with Crippen LogP contribution in [-0.4, -0.2) is 75.8 Å². The van der Waals surface area contributed by atoms with Crippen molar-refractivity contribution in [2.24, 2.45) is 0 Å². The first kappa shape index (κ1) is 28.9. The lowest BCUT2D eigenvalue weighted by atomic mass is 9.87. The minimum absolute atomic E-state index is 0.0162. The van der Waals surface area contributed by atoms with Crippen LogP contribution in [0, 0.1) is 12.7 Å². The lowest BCUT2D eigenvalue weighted by Crippen LogP contribution is -2.53. The van der Waals surface area contributed by atoms with Crippen molar-refractivity contribution in [3.05, 3.63) is 76.7 Å². The van der Waals surface area contributed by atoms with Crippen LogP contribution in [0.15, 0.2) is 48.5 Å². The standard InChI is InChI=1S/C31H36FN5O3S/c1-20-10-6-9-13-24(20)37-30-27(29(33-37)31(3,4)5)28(22-11-7-8-12-23(22)32)41-19-26(40)36(30)18-25(39)35-16-14-34(15-17-35)21(2)38/h6-13,28H,14-19H2,1-5H3/t28-/m0/s1. The molecule has 8 nitrogen and oxygen atoms in total. The van der Waals surface area contributed by atoms with Crippen molar-refractivity contribution in [3.8, 4) is 5.69 Å². The van der Waals surface area contributed by atoms with Crippen LogP contribution >= 0.6 is 11.8 Å². The van der Waals surface area contributed by atoms with Gasteiger partial charge in [-0.1, -0.05) is 57.2 Å². The van der Waals surface area contributed by atoms with E-state index < -0.39 is 10.7 Å². The second-order valence-electron chi connectivity index (χ2n) is 11.6. The predicted molar refractivity (Wildman–Crippen MR) is 159 cm³/mol. The van der Waals surface area contributed by atoms with Crippen molar-refractivity contribution < 1.29 is 18.8 Å². The fourth-order valence-corrected chi connectivity index (χ4v) is 6.70. The molecular formula is C31H36FN5O3S. The van der Waals surface area contributed by atoms with Crippen LogP contribution < -0.4 is 4.90 Å². The van der Waals surface area contributed by atoms with E-state index in [4.69, 9.17) is 5.10 Å². The molecule has 2 aliphatic heterocycles. The van der Waals surface area contributed by atoms with Crippen LogP contribution in [0.5, 0.6) is 0 Å².